The Hall–Kier alpha value is -1.02. The molecule has 0 radical (unpaired) electrons. The van der Waals surface area contributed by atoms with Gasteiger partial charge in [-0.15, -0.1) is 24.0 Å². The van der Waals surface area contributed by atoms with E-state index in [2.05, 4.69) is 30.0 Å². The minimum atomic E-state index is -0.0634. The summed E-state index contributed by atoms with van der Waals surface area (Å²) in [6, 6.07) is 6.43. The molecule has 3 rings (SSSR count). The standard InChI is InChI=1S/C21H33N3O2.HI/c1-17-7-8-19(25-2)18(15-17)21(9-13-26-14-10-21)16-23-20(22)24-11-5-3-4-6-12-24;/h7-8,15H,3-6,9-14,16H2,1-2H3,(H2,22,23);1H. The van der Waals surface area contributed by atoms with Gasteiger partial charge in [0.25, 0.3) is 0 Å². The molecule has 1 aromatic rings. The third kappa shape index (κ3) is 5.50. The summed E-state index contributed by atoms with van der Waals surface area (Å²) in [4.78, 5) is 7.13. The van der Waals surface area contributed by atoms with Gasteiger partial charge in [0.05, 0.1) is 13.7 Å². The van der Waals surface area contributed by atoms with Crippen LogP contribution in [0.5, 0.6) is 5.75 Å². The Bertz CT molecular complexity index is 622. The maximum atomic E-state index is 6.39. The fourth-order valence-electron chi connectivity index (χ4n) is 4.14. The van der Waals surface area contributed by atoms with Crippen molar-refractivity contribution in [3.05, 3.63) is 29.3 Å². The van der Waals surface area contributed by atoms with E-state index in [1.54, 1.807) is 7.11 Å². The summed E-state index contributed by atoms with van der Waals surface area (Å²) in [5, 5.41) is 0. The van der Waals surface area contributed by atoms with Crippen LogP contribution < -0.4 is 10.5 Å². The minimum Gasteiger partial charge on any atom is -0.496 e. The topological polar surface area (TPSA) is 60.1 Å². The van der Waals surface area contributed by atoms with E-state index in [1.165, 1.54) is 36.8 Å². The molecule has 0 aliphatic carbocycles. The van der Waals surface area contributed by atoms with Crippen LogP contribution in [0.2, 0.25) is 0 Å². The van der Waals surface area contributed by atoms with Crippen molar-refractivity contribution >= 4 is 29.9 Å². The summed E-state index contributed by atoms with van der Waals surface area (Å²) < 4.78 is 11.3. The van der Waals surface area contributed by atoms with Crippen LogP contribution in [-0.2, 0) is 10.2 Å². The van der Waals surface area contributed by atoms with Crippen LogP contribution in [0.25, 0.3) is 0 Å². The molecule has 0 aromatic heterocycles. The molecule has 2 heterocycles. The summed E-state index contributed by atoms with van der Waals surface area (Å²) in [6.07, 6.45) is 6.91. The van der Waals surface area contributed by atoms with E-state index >= 15 is 0 Å². The quantitative estimate of drug-likeness (QED) is 0.398. The Kier molecular flexibility index (Phi) is 8.66. The highest BCUT2D eigenvalue weighted by molar-refractivity contribution is 14.0. The molecule has 2 fully saturated rings. The third-order valence-corrected chi connectivity index (χ3v) is 5.85. The average molecular weight is 487 g/mol. The van der Waals surface area contributed by atoms with Gasteiger partial charge < -0.3 is 20.1 Å². The zero-order chi connectivity index (χ0) is 18.4. The summed E-state index contributed by atoms with van der Waals surface area (Å²) in [5.74, 6) is 1.64. The molecule has 6 heteroatoms. The second kappa shape index (κ2) is 10.5. The maximum absolute atomic E-state index is 6.39. The first-order valence-corrected chi connectivity index (χ1v) is 9.92. The van der Waals surface area contributed by atoms with Crippen LogP contribution in [-0.4, -0.2) is 50.8 Å². The number of nitrogens with zero attached hydrogens (tertiary/aromatic N) is 2. The zero-order valence-electron chi connectivity index (χ0n) is 16.7. The lowest BCUT2D eigenvalue weighted by molar-refractivity contribution is 0.0522. The molecule has 0 spiro atoms. The molecule has 2 N–H and O–H groups in total. The summed E-state index contributed by atoms with van der Waals surface area (Å²) in [7, 11) is 1.75. The van der Waals surface area contributed by atoms with Gasteiger partial charge in [0, 0.05) is 37.3 Å². The van der Waals surface area contributed by atoms with Crippen LogP contribution in [0.4, 0.5) is 0 Å². The third-order valence-electron chi connectivity index (χ3n) is 5.85. The van der Waals surface area contributed by atoms with Crippen molar-refractivity contribution in [3.63, 3.8) is 0 Å². The SMILES string of the molecule is COc1ccc(C)cc1C1(CN=C(N)N2CCCCCC2)CCOCC1.I. The lowest BCUT2D eigenvalue weighted by Crippen LogP contribution is -2.41. The van der Waals surface area contributed by atoms with E-state index < -0.39 is 0 Å². The fourth-order valence-corrected chi connectivity index (χ4v) is 4.14. The number of aliphatic imine (C=N–C) groups is 1. The van der Waals surface area contributed by atoms with Gasteiger partial charge in [-0.1, -0.05) is 30.5 Å². The number of halogens is 1. The van der Waals surface area contributed by atoms with Gasteiger partial charge in [-0.25, -0.2) is 0 Å². The van der Waals surface area contributed by atoms with Gasteiger partial charge in [-0.2, -0.15) is 0 Å². The molecule has 5 nitrogen and oxygen atoms in total. The van der Waals surface area contributed by atoms with Crippen molar-refractivity contribution in [2.75, 3.05) is 40.0 Å². The molecule has 0 bridgehead atoms. The smallest absolute Gasteiger partial charge is 0.191 e. The van der Waals surface area contributed by atoms with Crippen LogP contribution >= 0.6 is 24.0 Å². The van der Waals surface area contributed by atoms with Gasteiger partial charge in [0.15, 0.2) is 5.96 Å². The van der Waals surface area contributed by atoms with Crippen molar-refractivity contribution in [1.82, 2.24) is 4.90 Å². The molecular formula is C21H34IN3O2. The lowest BCUT2D eigenvalue weighted by Gasteiger charge is -2.38. The predicted octanol–water partition coefficient (Wildman–Crippen LogP) is 3.86. The van der Waals surface area contributed by atoms with Crippen molar-refractivity contribution in [2.24, 2.45) is 10.7 Å². The fraction of sp³-hybridized carbons (Fsp3) is 0.667. The number of ether oxygens (including phenoxy) is 2. The number of nitrogens with two attached hydrogens (primary N) is 1. The van der Waals surface area contributed by atoms with Crippen LogP contribution in [0.3, 0.4) is 0 Å². The number of benzene rings is 1. The summed E-state index contributed by atoms with van der Waals surface area (Å²) >= 11 is 0. The van der Waals surface area contributed by atoms with Gasteiger partial charge in [-0.05, 0) is 38.7 Å². The highest BCUT2D eigenvalue weighted by Gasteiger charge is 2.37. The normalized spacial score (nSPS) is 20.5. The van der Waals surface area contributed by atoms with E-state index in [0.29, 0.717) is 12.5 Å². The van der Waals surface area contributed by atoms with Gasteiger partial charge >= 0.3 is 0 Å². The molecule has 27 heavy (non-hydrogen) atoms. The molecule has 1 aromatic carbocycles. The van der Waals surface area contributed by atoms with Crippen LogP contribution in [0, 0.1) is 6.92 Å². The molecule has 0 saturated carbocycles. The van der Waals surface area contributed by atoms with E-state index in [9.17, 15) is 0 Å². The average Bonchev–Trinajstić information content (AvgIpc) is 2.96. The predicted molar refractivity (Wildman–Crippen MR) is 121 cm³/mol. The van der Waals surface area contributed by atoms with Crippen molar-refractivity contribution in [2.45, 2.75) is 50.9 Å². The lowest BCUT2D eigenvalue weighted by atomic mass is 9.73. The minimum absolute atomic E-state index is 0. The first-order valence-electron chi connectivity index (χ1n) is 9.92. The van der Waals surface area contributed by atoms with Crippen LogP contribution in [0.15, 0.2) is 23.2 Å². The van der Waals surface area contributed by atoms with E-state index in [-0.39, 0.29) is 29.4 Å². The second-order valence-corrected chi connectivity index (χ2v) is 7.67. The molecule has 0 amide bonds. The van der Waals surface area contributed by atoms with Gasteiger partial charge in [0.1, 0.15) is 5.75 Å². The number of guanidine groups is 1. The van der Waals surface area contributed by atoms with E-state index in [4.69, 9.17) is 20.2 Å². The Morgan fingerprint density at radius 1 is 1.19 bits per heavy atom. The molecule has 0 unspecified atom stereocenters. The zero-order valence-corrected chi connectivity index (χ0v) is 19.0. The number of hydrogen-bond donors (Lipinski definition) is 1. The number of likely N-dealkylation sites (tertiary alicyclic amines) is 1. The molecule has 0 atom stereocenters. The number of hydrogen-bond acceptors (Lipinski definition) is 3. The van der Waals surface area contributed by atoms with Crippen molar-refractivity contribution in [1.29, 1.82) is 0 Å². The Balaban J connectivity index is 0.00000261. The van der Waals surface area contributed by atoms with Crippen molar-refractivity contribution in [3.8, 4) is 5.75 Å². The first kappa shape index (κ1) is 22.3. The number of aryl methyl sites for hydroxylation is 1. The molecule has 2 aliphatic rings. The monoisotopic (exact) mass is 487 g/mol. The largest absolute Gasteiger partial charge is 0.496 e. The second-order valence-electron chi connectivity index (χ2n) is 7.67. The molecular weight excluding hydrogens is 453 g/mol. The van der Waals surface area contributed by atoms with Gasteiger partial charge in [0.2, 0.25) is 0 Å². The number of rotatable bonds is 4. The highest BCUT2D eigenvalue weighted by Crippen LogP contribution is 2.40. The molecule has 2 aliphatic heterocycles. The van der Waals surface area contributed by atoms with E-state index in [1.807, 2.05) is 0 Å². The molecule has 152 valence electrons. The van der Waals surface area contributed by atoms with E-state index in [0.717, 1.165) is 44.9 Å². The molecule has 2 saturated heterocycles. The Morgan fingerprint density at radius 3 is 2.48 bits per heavy atom. The van der Waals surface area contributed by atoms with Crippen molar-refractivity contribution < 1.29 is 9.47 Å². The Labute approximate surface area is 180 Å². The number of methoxy groups -OCH3 is 1. The summed E-state index contributed by atoms with van der Waals surface area (Å²) in [6.45, 7) is 6.40. The van der Waals surface area contributed by atoms with Crippen LogP contribution in [0.1, 0.15) is 49.7 Å². The first-order chi connectivity index (χ1) is 12.6. The summed E-state index contributed by atoms with van der Waals surface area (Å²) in [5.41, 5.74) is 8.81. The maximum Gasteiger partial charge on any atom is 0.191 e. The highest BCUT2D eigenvalue weighted by atomic mass is 127. The van der Waals surface area contributed by atoms with Gasteiger partial charge in [-0.3, -0.25) is 4.99 Å². The Morgan fingerprint density at radius 2 is 1.85 bits per heavy atom.